The first-order valence-corrected chi connectivity index (χ1v) is 7.80. The van der Waals surface area contributed by atoms with Crippen molar-refractivity contribution in [1.29, 1.82) is 0 Å². The lowest BCUT2D eigenvalue weighted by Crippen LogP contribution is -2.04. The molecule has 1 aromatic carbocycles. The van der Waals surface area contributed by atoms with E-state index in [1.165, 1.54) is 0 Å². The smallest absolute Gasteiger partial charge is 0.126 e. The van der Waals surface area contributed by atoms with Crippen LogP contribution in [0.5, 0.6) is 0 Å². The van der Waals surface area contributed by atoms with Gasteiger partial charge < -0.3 is 4.57 Å². The summed E-state index contributed by atoms with van der Waals surface area (Å²) in [6, 6.07) is 7.33. The van der Waals surface area contributed by atoms with Crippen molar-refractivity contribution in [3.63, 3.8) is 0 Å². The van der Waals surface area contributed by atoms with Gasteiger partial charge in [-0.05, 0) is 55.0 Å². The zero-order chi connectivity index (χ0) is 15.8. The molecule has 0 amide bonds. The van der Waals surface area contributed by atoms with Crippen molar-refractivity contribution in [3.8, 4) is 11.1 Å². The molecule has 0 unspecified atom stereocenters. The van der Waals surface area contributed by atoms with Crippen molar-refractivity contribution in [3.05, 3.63) is 65.8 Å². The van der Waals surface area contributed by atoms with Crippen LogP contribution in [0.15, 0.2) is 42.9 Å². The Morgan fingerprint density at radius 2 is 2.09 bits per heavy atom. The Hall–Kier alpha value is -2.56. The average molecular weight is 308 g/mol. The van der Waals surface area contributed by atoms with E-state index in [1.54, 1.807) is 18.5 Å². The second-order valence-electron chi connectivity index (χ2n) is 6.05. The third-order valence-corrected chi connectivity index (χ3v) is 4.31. The first-order valence-electron chi connectivity index (χ1n) is 7.80. The van der Waals surface area contributed by atoms with Gasteiger partial charge in [0.1, 0.15) is 11.6 Å². The molecule has 0 aliphatic heterocycles. The number of aryl methyl sites for hydroxylation is 1. The van der Waals surface area contributed by atoms with Crippen molar-refractivity contribution in [2.24, 2.45) is 0 Å². The van der Waals surface area contributed by atoms with Crippen LogP contribution in [0.2, 0.25) is 0 Å². The molecule has 2 heterocycles. The van der Waals surface area contributed by atoms with Gasteiger partial charge in [-0.3, -0.25) is 0 Å². The highest BCUT2D eigenvalue weighted by Crippen LogP contribution is 2.42. The largest absolute Gasteiger partial charge is 0.329 e. The molecule has 1 aliphatic carbocycles. The molecule has 3 aromatic rings. The van der Waals surface area contributed by atoms with E-state index in [0.29, 0.717) is 12.5 Å². The Balaban J connectivity index is 1.66. The van der Waals surface area contributed by atoms with Gasteiger partial charge in [-0.25, -0.2) is 9.37 Å². The zero-order valence-corrected chi connectivity index (χ0v) is 12.9. The zero-order valence-electron chi connectivity index (χ0n) is 12.9. The van der Waals surface area contributed by atoms with Gasteiger partial charge >= 0.3 is 0 Å². The van der Waals surface area contributed by atoms with Crippen LogP contribution in [-0.4, -0.2) is 19.7 Å². The maximum absolute atomic E-state index is 13.9. The average Bonchev–Trinajstić information content (AvgIpc) is 3.32. The van der Waals surface area contributed by atoms with Crippen molar-refractivity contribution in [2.75, 3.05) is 0 Å². The summed E-state index contributed by atoms with van der Waals surface area (Å²) in [6.45, 7) is 2.59. The minimum atomic E-state index is -0.104. The minimum absolute atomic E-state index is 0.104. The van der Waals surface area contributed by atoms with E-state index in [9.17, 15) is 4.39 Å². The number of rotatable bonds is 4. The van der Waals surface area contributed by atoms with Crippen LogP contribution in [0.3, 0.4) is 0 Å². The molecule has 0 N–H and O–H groups in total. The molecule has 0 bridgehead atoms. The van der Waals surface area contributed by atoms with Gasteiger partial charge in [-0.2, -0.15) is 10.2 Å². The van der Waals surface area contributed by atoms with Gasteiger partial charge in [0.05, 0.1) is 18.4 Å². The van der Waals surface area contributed by atoms with Gasteiger partial charge in [0.25, 0.3) is 0 Å². The Morgan fingerprint density at radius 1 is 1.22 bits per heavy atom. The molecule has 5 heteroatoms. The molecule has 1 aliphatic rings. The standard InChI is InChI=1S/C18H17FN4/c1-12-20-6-7-23(12)11-16-8-15(10-21-22-16)14-4-5-18(19)17(9-14)13-2-3-13/h4-10,13H,2-3,11H2,1H3. The summed E-state index contributed by atoms with van der Waals surface area (Å²) in [4.78, 5) is 4.21. The number of aromatic nitrogens is 4. The first-order chi connectivity index (χ1) is 11.2. The quantitative estimate of drug-likeness (QED) is 0.738. The Morgan fingerprint density at radius 3 is 2.83 bits per heavy atom. The molecule has 116 valence electrons. The highest BCUT2D eigenvalue weighted by atomic mass is 19.1. The van der Waals surface area contributed by atoms with E-state index >= 15 is 0 Å². The Bertz CT molecular complexity index is 852. The fraction of sp³-hybridized carbons (Fsp3) is 0.278. The fourth-order valence-corrected chi connectivity index (χ4v) is 2.82. The summed E-state index contributed by atoms with van der Waals surface area (Å²) in [6.07, 6.45) is 7.59. The van der Waals surface area contributed by atoms with E-state index in [0.717, 1.165) is 41.1 Å². The van der Waals surface area contributed by atoms with Crippen LogP contribution >= 0.6 is 0 Å². The van der Waals surface area contributed by atoms with Crippen molar-refractivity contribution in [2.45, 2.75) is 32.2 Å². The van der Waals surface area contributed by atoms with Crippen LogP contribution in [0.25, 0.3) is 11.1 Å². The molecular formula is C18H17FN4. The fourth-order valence-electron chi connectivity index (χ4n) is 2.82. The topological polar surface area (TPSA) is 43.6 Å². The molecule has 0 radical (unpaired) electrons. The SMILES string of the molecule is Cc1nccn1Cc1cc(-c2ccc(F)c(C3CC3)c2)cnn1. The number of imidazole rings is 1. The van der Waals surface area contributed by atoms with Gasteiger partial charge in [0.15, 0.2) is 0 Å². The minimum Gasteiger partial charge on any atom is -0.329 e. The molecule has 4 nitrogen and oxygen atoms in total. The van der Waals surface area contributed by atoms with Gasteiger partial charge in [-0.1, -0.05) is 6.07 Å². The van der Waals surface area contributed by atoms with Crippen molar-refractivity contribution in [1.82, 2.24) is 19.7 Å². The van der Waals surface area contributed by atoms with E-state index < -0.39 is 0 Å². The van der Waals surface area contributed by atoms with Crippen LogP contribution < -0.4 is 0 Å². The summed E-state index contributed by atoms with van der Waals surface area (Å²) < 4.78 is 15.9. The Kier molecular flexibility index (Phi) is 3.41. The number of benzene rings is 1. The summed E-state index contributed by atoms with van der Waals surface area (Å²) in [7, 11) is 0. The van der Waals surface area contributed by atoms with E-state index in [-0.39, 0.29) is 5.82 Å². The lowest BCUT2D eigenvalue weighted by atomic mass is 10.0. The molecule has 1 saturated carbocycles. The number of nitrogens with zero attached hydrogens (tertiary/aromatic N) is 4. The van der Waals surface area contributed by atoms with E-state index in [2.05, 4.69) is 15.2 Å². The molecule has 0 spiro atoms. The molecule has 1 fully saturated rings. The number of hydrogen-bond acceptors (Lipinski definition) is 3. The maximum atomic E-state index is 13.9. The monoisotopic (exact) mass is 308 g/mol. The molecule has 0 atom stereocenters. The summed E-state index contributed by atoms with van der Waals surface area (Å²) in [5.41, 5.74) is 3.65. The van der Waals surface area contributed by atoms with Gasteiger partial charge in [0, 0.05) is 18.0 Å². The summed E-state index contributed by atoms with van der Waals surface area (Å²) in [5.74, 6) is 1.22. The van der Waals surface area contributed by atoms with E-state index in [4.69, 9.17) is 0 Å². The highest BCUT2D eigenvalue weighted by molar-refractivity contribution is 5.64. The highest BCUT2D eigenvalue weighted by Gasteiger charge is 2.26. The van der Waals surface area contributed by atoms with Crippen LogP contribution in [-0.2, 0) is 6.54 Å². The predicted molar refractivity (Wildman–Crippen MR) is 85.5 cm³/mol. The third-order valence-electron chi connectivity index (χ3n) is 4.31. The number of halogens is 1. The molecule has 23 heavy (non-hydrogen) atoms. The second-order valence-corrected chi connectivity index (χ2v) is 6.05. The van der Waals surface area contributed by atoms with Crippen LogP contribution in [0.1, 0.15) is 35.8 Å². The number of hydrogen-bond donors (Lipinski definition) is 0. The molecule has 4 rings (SSSR count). The van der Waals surface area contributed by atoms with Crippen LogP contribution in [0, 0.1) is 12.7 Å². The normalized spacial score (nSPS) is 14.2. The maximum Gasteiger partial charge on any atom is 0.126 e. The lowest BCUT2D eigenvalue weighted by molar-refractivity contribution is 0.611. The molecule has 0 saturated heterocycles. The van der Waals surface area contributed by atoms with Gasteiger partial charge in [0.2, 0.25) is 0 Å². The molecular weight excluding hydrogens is 291 g/mol. The van der Waals surface area contributed by atoms with Gasteiger partial charge in [-0.15, -0.1) is 0 Å². The van der Waals surface area contributed by atoms with Crippen LogP contribution in [0.4, 0.5) is 4.39 Å². The van der Waals surface area contributed by atoms with E-state index in [1.807, 2.05) is 35.9 Å². The third kappa shape index (κ3) is 2.86. The molecule has 2 aromatic heterocycles. The second kappa shape index (κ2) is 5.57. The summed E-state index contributed by atoms with van der Waals surface area (Å²) in [5, 5.41) is 8.30. The van der Waals surface area contributed by atoms with Crippen molar-refractivity contribution < 1.29 is 4.39 Å². The van der Waals surface area contributed by atoms with Crippen molar-refractivity contribution >= 4 is 0 Å². The summed E-state index contributed by atoms with van der Waals surface area (Å²) >= 11 is 0. The first kappa shape index (κ1) is 14.1. The lowest BCUT2D eigenvalue weighted by Gasteiger charge is -2.08. The predicted octanol–water partition coefficient (Wildman–Crippen LogP) is 3.71. The Labute approximate surface area is 134 Å².